The van der Waals surface area contributed by atoms with Gasteiger partial charge in [-0.25, -0.2) is 18.0 Å². The van der Waals surface area contributed by atoms with Crippen molar-refractivity contribution in [1.29, 1.82) is 0 Å². The Kier molecular flexibility index (Phi) is 7.82. The van der Waals surface area contributed by atoms with E-state index < -0.39 is 64.5 Å². The summed E-state index contributed by atoms with van der Waals surface area (Å²) in [5.41, 5.74) is -0.148. The van der Waals surface area contributed by atoms with Gasteiger partial charge in [-0.05, 0) is 39.7 Å². The molecule has 0 unspecified atom stereocenters. The molecule has 0 aliphatic carbocycles. The topological polar surface area (TPSA) is 64.6 Å². The number of hydrogen-bond donors (Lipinski definition) is 1. The first kappa shape index (κ1) is 25.1. The number of nitrogens with one attached hydrogen (secondary N) is 1. The number of hydrogen-bond acceptors (Lipinski definition) is 4. The van der Waals surface area contributed by atoms with Crippen molar-refractivity contribution in [1.82, 2.24) is 5.32 Å². The van der Waals surface area contributed by atoms with Crippen molar-refractivity contribution in [3.63, 3.8) is 0 Å². The lowest BCUT2D eigenvalue weighted by molar-refractivity contribution is -0.139. The molecule has 0 spiro atoms. The molecule has 0 aliphatic rings. The second kappa shape index (κ2) is 9.97. The van der Waals surface area contributed by atoms with E-state index in [2.05, 4.69) is 10.1 Å². The van der Waals surface area contributed by atoms with Gasteiger partial charge in [0, 0.05) is 6.04 Å². The Bertz CT molecular complexity index is 963. The number of halogens is 5. The third kappa shape index (κ3) is 6.18. The van der Waals surface area contributed by atoms with Crippen LogP contribution in [0.1, 0.15) is 33.3 Å². The molecule has 0 aromatic heterocycles. The molecule has 2 aromatic carbocycles. The molecule has 5 nitrogen and oxygen atoms in total. The third-order valence-corrected chi connectivity index (χ3v) is 4.35. The van der Waals surface area contributed by atoms with Crippen molar-refractivity contribution < 1.29 is 41.0 Å². The third-order valence-electron chi connectivity index (χ3n) is 4.35. The number of benzene rings is 2. The minimum Gasteiger partial charge on any atom is -0.444 e. The molecule has 0 fully saturated rings. The summed E-state index contributed by atoms with van der Waals surface area (Å²) in [7, 11) is 0. The molecule has 2 rings (SSSR count). The molecule has 2 atom stereocenters. The Morgan fingerprint density at radius 1 is 0.906 bits per heavy atom. The number of amides is 1. The predicted molar refractivity (Wildman–Crippen MR) is 104 cm³/mol. The van der Waals surface area contributed by atoms with Crippen LogP contribution in [0.2, 0.25) is 0 Å². The van der Waals surface area contributed by atoms with E-state index >= 15 is 0 Å². The lowest BCUT2D eigenvalue weighted by Gasteiger charge is -2.26. The molecule has 1 amide bonds. The van der Waals surface area contributed by atoms with Gasteiger partial charge in [0.2, 0.25) is 34.8 Å². The number of carbonyl (C=O) groups is 2. The summed E-state index contributed by atoms with van der Waals surface area (Å²) in [6, 6.07) is 7.63. The predicted octanol–water partition coefficient (Wildman–Crippen LogP) is 5.06. The van der Waals surface area contributed by atoms with Crippen LogP contribution in [0, 0.1) is 35.0 Å². The first-order valence-electron chi connectivity index (χ1n) is 9.58. The van der Waals surface area contributed by atoms with Crippen molar-refractivity contribution in [3.8, 4) is 5.75 Å². The SMILES string of the molecule is C[C@H](C(=O)Oc1c(F)c(F)c(F)c(F)c1F)[C@@H](Cc1ccccc1)NC(=O)OC(C)(C)C. The van der Waals surface area contributed by atoms with Crippen LogP contribution in [0.3, 0.4) is 0 Å². The average Bonchev–Trinajstić information content (AvgIpc) is 2.72. The Balaban J connectivity index is 2.29. The Labute approximate surface area is 181 Å². The summed E-state index contributed by atoms with van der Waals surface area (Å²) < 4.78 is 77.5. The van der Waals surface area contributed by atoms with Gasteiger partial charge in [0.1, 0.15) is 5.60 Å². The number of alkyl carbamates (subject to hydrolysis) is 1. The van der Waals surface area contributed by atoms with E-state index in [1.807, 2.05) is 0 Å². The minimum atomic E-state index is -2.37. The standard InChI is InChI=1S/C22H22F5NO4/c1-11(20(29)31-19-17(26)15(24)14(23)16(25)18(19)27)13(10-12-8-6-5-7-9-12)28-21(30)32-22(2,3)4/h5-9,11,13H,10H2,1-4H3,(H,28,30)/t11-,13+/m0/s1. The van der Waals surface area contributed by atoms with E-state index in [1.165, 1.54) is 6.92 Å². The molecule has 0 radical (unpaired) electrons. The van der Waals surface area contributed by atoms with Crippen LogP contribution in [-0.2, 0) is 16.0 Å². The highest BCUT2D eigenvalue weighted by Gasteiger charge is 2.33. The molecular weight excluding hydrogens is 437 g/mol. The first-order chi connectivity index (χ1) is 14.8. The summed E-state index contributed by atoms with van der Waals surface area (Å²) in [5.74, 6) is -15.7. The summed E-state index contributed by atoms with van der Waals surface area (Å²) in [4.78, 5) is 24.8. The molecule has 0 saturated heterocycles. The zero-order valence-corrected chi connectivity index (χ0v) is 17.8. The van der Waals surface area contributed by atoms with Crippen LogP contribution in [0.4, 0.5) is 26.7 Å². The minimum absolute atomic E-state index is 0.0907. The quantitative estimate of drug-likeness (QED) is 0.216. The molecule has 174 valence electrons. The van der Waals surface area contributed by atoms with Crippen LogP contribution >= 0.6 is 0 Å². The highest BCUT2D eigenvalue weighted by Crippen LogP contribution is 2.30. The largest absolute Gasteiger partial charge is 0.444 e. The van der Waals surface area contributed by atoms with Gasteiger partial charge in [-0.1, -0.05) is 30.3 Å². The van der Waals surface area contributed by atoms with E-state index in [4.69, 9.17) is 4.74 Å². The molecule has 0 heterocycles. The number of rotatable bonds is 6. The monoisotopic (exact) mass is 459 g/mol. The molecule has 0 bridgehead atoms. The lowest BCUT2D eigenvalue weighted by atomic mass is 9.95. The molecule has 32 heavy (non-hydrogen) atoms. The number of carbonyl (C=O) groups excluding carboxylic acids is 2. The number of ether oxygens (including phenoxy) is 2. The Hall–Kier alpha value is -3.17. The van der Waals surface area contributed by atoms with E-state index in [-0.39, 0.29) is 6.42 Å². The van der Waals surface area contributed by atoms with Crippen LogP contribution in [-0.4, -0.2) is 23.7 Å². The van der Waals surface area contributed by atoms with Crippen molar-refractivity contribution in [2.75, 3.05) is 0 Å². The normalized spacial score (nSPS) is 13.3. The van der Waals surface area contributed by atoms with Crippen LogP contribution < -0.4 is 10.1 Å². The smallest absolute Gasteiger partial charge is 0.407 e. The highest BCUT2D eigenvalue weighted by atomic mass is 19.2. The van der Waals surface area contributed by atoms with E-state index in [0.717, 1.165) is 0 Å². The zero-order chi connectivity index (χ0) is 24.2. The van der Waals surface area contributed by atoms with Gasteiger partial charge < -0.3 is 14.8 Å². The van der Waals surface area contributed by atoms with Gasteiger partial charge in [0.25, 0.3) is 0 Å². The highest BCUT2D eigenvalue weighted by molar-refractivity contribution is 5.77. The summed E-state index contributed by atoms with van der Waals surface area (Å²) in [6.45, 7) is 6.15. The van der Waals surface area contributed by atoms with Gasteiger partial charge in [0.05, 0.1) is 5.92 Å². The summed E-state index contributed by atoms with van der Waals surface area (Å²) in [6.07, 6.45) is -0.776. The second-order valence-corrected chi connectivity index (χ2v) is 8.05. The van der Waals surface area contributed by atoms with Gasteiger partial charge >= 0.3 is 12.1 Å². The van der Waals surface area contributed by atoms with Crippen LogP contribution in [0.25, 0.3) is 0 Å². The van der Waals surface area contributed by atoms with Crippen LogP contribution in [0.5, 0.6) is 5.75 Å². The fourth-order valence-corrected chi connectivity index (χ4v) is 2.71. The van der Waals surface area contributed by atoms with E-state index in [9.17, 15) is 31.5 Å². The van der Waals surface area contributed by atoms with Gasteiger partial charge in [0.15, 0.2) is 0 Å². The first-order valence-corrected chi connectivity index (χ1v) is 9.58. The molecule has 10 heteroatoms. The van der Waals surface area contributed by atoms with Gasteiger partial charge in [-0.15, -0.1) is 0 Å². The summed E-state index contributed by atoms with van der Waals surface area (Å²) in [5, 5.41) is 2.49. The molecule has 0 saturated carbocycles. The molecular formula is C22H22F5NO4. The maximum absolute atomic E-state index is 13.9. The Morgan fingerprint density at radius 3 is 1.91 bits per heavy atom. The summed E-state index contributed by atoms with van der Waals surface area (Å²) >= 11 is 0. The van der Waals surface area contributed by atoms with Crippen molar-refractivity contribution in [3.05, 3.63) is 65.0 Å². The zero-order valence-electron chi connectivity index (χ0n) is 17.8. The Morgan fingerprint density at radius 2 is 1.41 bits per heavy atom. The average molecular weight is 459 g/mol. The van der Waals surface area contributed by atoms with E-state index in [1.54, 1.807) is 51.1 Å². The van der Waals surface area contributed by atoms with Crippen LogP contribution in [0.15, 0.2) is 30.3 Å². The maximum atomic E-state index is 13.9. The maximum Gasteiger partial charge on any atom is 0.407 e. The van der Waals surface area contributed by atoms with Gasteiger partial charge in [-0.3, -0.25) is 4.79 Å². The second-order valence-electron chi connectivity index (χ2n) is 8.05. The van der Waals surface area contributed by atoms with Crippen molar-refractivity contribution in [2.24, 2.45) is 5.92 Å². The molecule has 2 aromatic rings. The lowest BCUT2D eigenvalue weighted by Crippen LogP contribution is -2.46. The van der Waals surface area contributed by atoms with E-state index in [0.29, 0.717) is 5.56 Å². The molecule has 1 N–H and O–H groups in total. The number of esters is 1. The van der Waals surface area contributed by atoms with Gasteiger partial charge in [-0.2, -0.15) is 8.78 Å². The van der Waals surface area contributed by atoms with Crippen molar-refractivity contribution >= 4 is 12.1 Å². The van der Waals surface area contributed by atoms with Crippen molar-refractivity contribution in [2.45, 2.75) is 45.8 Å². The fraction of sp³-hybridized carbons (Fsp3) is 0.364. The molecule has 0 aliphatic heterocycles. The fourth-order valence-electron chi connectivity index (χ4n) is 2.71.